The topological polar surface area (TPSA) is 95.6 Å². The van der Waals surface area contributed by atoms with Gasteiger partial charge >= 0.3 is 0 Å². The molecule has 1 aliphatic rings. The molecule has 8 heteroatoms. The van der Waals surface area contributed by atoms with Gasteiger partial charge < -0.3 is 10.6 Å². The van der Waals surface area contributed by atoms with Crippen LogP contribution in [0.3, 0.4) is 0 Å². The Morgan fingerprint density at radius 1 is 0.811 bits per heavy atom. The summed E-state index contributed by atoms with van der Waals surface area (Å²) in [6.07, 6.45) is 2.19. The maximum absolute atomic E-state index is 13.0. The number of sulfonamides is 1. The van der Waals surface area contributed by atoms with Gasteiger partial charge in [-0.1, -0.05) is 72.8 Å². The van der Waals surface area contributed by atoms with E-state index in [1.807, 2.05) is 60.7 Å². The SMILES string of the molecule is O=C(NCc1ccccc1)c1ccccc1NC(=O)C1CCN(S(=O)(=O)CCCc2ccccc2)CC1. The summed E-state index contributed by atoms with van der Waals surface area (Å²) in [7, 11) is -3.36. The molecule has 0 radical (unpaired) electrons. The van der Waals surface area contributed by atoms with Crippen LogP contribution >= 0.6 is 0 Å². The first-order valence-electron chi connectivity index (χ1n) is 12.7. The van der Waals surface area contributed by atoms with Gasteiger partial charge in [-0.05, 0) is 48.9 Å². The first-order valence-corrected chi connectivity index (χ1v) is 14.3. The molecule has 1 aliphatic heterocycles. The fourth-order valence-electron chi connectivity index (χ4n) is 4.53. The molecule has 2 amide bonds. The van der Waals surface area contributed by atoms with Gasteiger partial charge in [-0.2, -0.15) is 0 Å². The van der Waals surface area contributed by atoms with Gasteiger partial charge in [0.1, 0.15) is 0 Å². The van der Waals surface area contributed by atoms with Gasteiger partial charge in [0.15, 0.2) is 0 Å². The molecule has 0 bridgehead atoms. The number of carbonyl (C=O) groups excluding carboxylic acids is 2. The molecule has 1 fully saturated rings. The van der Waals surface area contributed by atoms with E-state index in [9.17, 15) is 18.0 Å². The second-order valence-electron chi connectivity index (χ2n) is 9.28. The van der Waals surface area contributed by atoms with Crippen LogP contribution in [-0.2, 0) is 27.8 Å². The van der Waals surface area contributed by atoms with Gasteiger partial charge in [-0.15, -0.1) is 0 Å². The maximum Gasteiger partial charge on any atom is 0.253 e. The number of rotatable bonds is 10. The van der Waals surface area contributed by atoms with E-state index in [1.54, 1.807) is 24.3 Å². The molecule has 0 saturated carbocycles. The van der Waals surface area contributed by atoms with Gasteiger partial charge in [0.25, 0.3) is 5.91 Å². The fraction of sp³-hybridized carbons (Fsp3) is 0.310. The minimum absolute atomic E-state index is 0.101. The van der Waals surface area contributed by atoms with Gasteiger partial charge in [0, 0.05) is 25.6 Å². The Labute approximate surface area is 218 Å². The Morgan fingerprint density at radius 2 is 1.41 bits per heavy atom. The average Bonchev–Trinajstić information content (AvgIpc) is 2.93. The number of hydrogen-bond donors (Lipinski definition) is 2. The van der Waals surface area contributed by atoms with E-state index in [1.165, 1.54) is 4.31 Å². The highest BCUT2D eigenvalue weighted by atomic mass is 32.2. The number of carbonyl (C=O) groups is 2. The zero-order chi connectivity index (χ0) is 26.1. The molecule has 0 unspecified atom stereocenters. The highest BCUT2D eigenvalue weighted by molar-refractivity contribution is 7.89. The van der Waals surface area contributed by atoms with Crippen LogP contribution in [0.15, 0.2) is 84.9 Å². The van der Waals surface area contributed by atoms with Gasteiger partial charge in [0.2, 0.25) is 15.9 Å². The highest BCUT2D eigenvalue weighted by Crippen LogP contribution is 2.23. The van der Waals surface area contributed by atoms with E-state index in [0.29, 0.717) is 50.1 Å². The molecule has 0 aromatic heterocycles. The van der Waals surface area contributed by atoms with Crippen molar-refractivity contribution in [3.63, 3.8) is 0 Å². The molecule has 3 aromatic rings. The lowest BCUT2D eigenvalue weighted by molar-refractivity contribution is -0.120. The number of hydrogen-bond acceptors (Lipinski definition) is 4. The number of aryl methyl sites for hydroxylation is 1. The minimum Gasteiger partial charge on any atom is -0.348 e. The van der Waals surface area contributed by atoms with Crippen molar-refractivity contribution >= 4 is 27.5 Å². The third kappa shape index (κ3) is 7.50. The Balaban J connectivity index is 1.27. The van der Waals surface area contributed by atoms with Crippen molar-refractivity contribution in [2.24, 2.45) is 5.92 Å². The molecule has 0 atom stereocenters. The molecule has 2 N–H and O–H groups in total. The Bertz CT molecular complexity index is 1290. The molecule has 7 nitrogen and oxygen atoms in total. The van der Waals surface area contributed by atoms with E-state index in [0.717, 1.165) is 17.5 Å². The van der Waals surface area contributed by atoms with E-state index >= 15 is 0 Å². The van der Waals surface area contributed by atoms with Gasteiger partial charge in [0.05, 0.1) is 17.0 Å². The van der Waals surface area contributed by atoms with Gasteiger partial charge in [-0.25, -0.2) is 12.7 Å². The maximum atomic E-state index is 13.0. The lowest BCUT2D eigenvalue weighted by atomic mass is 9.97. The van der Waals surface area contributed by atoms with E-state index in [4.69, 9.17) is 0 Å². The largest absolute Gasteiger partial charge is 0.348 e. The highest BCUT2D eigenvalue weighted by Gasteiger charge is 2.31. The summed E-state index contributed by atoms with van der Waals surface area (Å²) in [5, 5.41) is 5.79. The number of amides is 2. The average molecular weight is 520 g/mol. The number of benzene rings is 3. The van der Waals surface area contributed by atoms with Crippen LogP contribution in [0.25, 0.3) is 0 Å². The normalized spacial score (nSPS) is 14.7. The van der Waals surface area contributed by atoms with E-state index < -0.39 is 10.0 Å². The van der Waals surface area contributed by atoms with E-state index in [-0.39, 0.29) is 23.5 Å². The summed E-state index contributed by atoms with van der Waals surface area (Å²) < 4.78 is 27.1. The van der Waals surface area contributed by atoms with Crippen LogP contribution in [-0.4, -0.2) is 43.4 Å². The minimum atomic E-state index is -3.36. The molecular weight excluding hydrogens is 486 g/mol. The molecule has 4 rings (SSSR count). The lowest BCUT2D eigenvalue weighted by Gasteiger charge is -2.30. The predicted molar refractivity (Wildman–Crippen MR) is 146 cm³/mol. The molecule has 37 heavy (non-hydrogen) atoms. The van der Waals surface area contributed by atoms with Crippen molar-refractivity contribution in [2.75, 3.05) is 24.2 Å². The first kappa shape index (κ1) is 26.6. The monoisotopic (exact) mass is 519 g/mol. The van der Waals surface area contributed by atoms with Crippen LogP contribution < -0.4 is 10.6 Å². The number of nitrogens with one attached hydrogen (secondary N) is 2. The second-order valence-corrected chi connectivity index (χ2v) is 11.4. The molecule has 0 aliphatic carbocycles. The third-order valence-electron chi connectivity index (χ3n) is 6.65. The fourth-order valence-corrected chi connectivity index (χ4v) is 6.06. The van der Waals surface area contributed by atoms with E-state index in [2.05, 4.69) is 10.6 Å². The first-order chi connectivity index (χ1) is 17.9. The molecule has 0 spiro atoms. The molecule has 1 saturated heterocycles. The Hall–Kier alpha value is -3.49. The number of nitrogens with zero attached hydrogens (tertiary/aromatic N) is 1. The lowest BCUT2D eigenvalue weighted by Crippen LogP contribution is -2.42. The van der Waals surface area contributed by atoms with Gasteiger partial charge in [-0.3, -0.25) is 9.59 Å². The van der Waals surface area contributed by atoms with Crippen molar-refractivity contribution < 1.29 is 18.0 Å². The van der Waals surface area contributed by atoms with Crippen LogP contribution in [0.5, 0.6) is 0 Å². The van der Waals surface area contributed by atoms with Crippen molar-refractivity contribution in [1.82, 2.24) is 9.62 Å². The van der Waals surface area contributed by atoms with Crippen molar-refractivity contribution in [3.05, 3.63) is 102 Å². The Kier molecular flexibility index (Phi) is 9.09. The summed E-state index contributed by atoms with van der Waals surface area (Å²) in [4.78, 5) is 25.8. The summed E-state index contributed by atoms with van der Waals surface area (Å²) in [5.41, 5.74) is 2.96. The number of piperidine rings is 1. The standard InChI is InChI=1S/C29H33N3O4S/c33-28(31-27-16-8-7-15-26(27)29(34)30-22-24-12-5-2-6-13-24)25-17-19-32(20-18-25)37(35,36)21-9-14-23-10-3-1-4-11-23/h1-8,10-13,15-16,25H,9,14,17-22H2,(H,30,34)(H,31,33). The number of anilines is 1. The molecule has 1 heterocycles. The molecular formula is C29H33N3O4S. The summed E-state index contributed by atoms with van der Waals surface area (Å²) in [6.45, 7) is 1.04. The summed E-state index contributed by atoms with van der Waals surface area (Å²) in [5.74, 6) is -0.665. The van der Waals surface area contributed by atoms with Crippen LogP contribution in [0.2, 0.25) is 0 Å². The van der Waals surface area contributed by atoms with Crippen molar-refractivity contribution in [2.45, 2.75) is 32.2 Å². The van der Waals surface area contributed by atoms with Crippen LogP contribution in [0.4, 0.5) is 5.69 Å². The quantitative estimate of drug-likeness (QED) is 0.419. The summed E-state index contributed by atoms with van der Waals surface area (Å²) in [6, 6.07) is 26.4. The molecule has 3 aromatic carbocycles. The van der Waals surface area contributed by atoms with Crippen LogP contribution in [0.1, 0.15) is 40.7 Å². The zero-order valence-corrected chi connectivity index (χ0v) is 21.6. The summed E-state index contributed by atoms with van der Waals surface area (Å²) >= 11 is 0. The van der Waals surface area contributed by atoms with Crippen LogP contribution in [0, 0.1) is 5.92 Å². The molecule has 194 valence electrons. The zero-order valence-electron chi connectivity index (χ0n) is 20.8. The van der Waals surface area contributed by atoms with Crippen molar-refractivity contribution in [3.8, 4) is 0 Å². The smallest absolute Gasteiger partial charge is 0.253 e. The third-order valence-corrected chi connectivity index (χ3v) is 8.61. The van der Waals surface area contributed by atoms with Crippen molar-refractivity contribution in [1.29, 1.82) is 0 Å². The second kappa shape index (κ2) is 12.7. The Morgan fingerprint density at radius 3 is 2.08 bits per heavy atom. The predicted octanol–water partition coefficient (Wildman–Crippen LogP) is 4.23. The number of para-hydroxylation sites is 1.